The van der Waals surface area contributed by atoms with Crippen molar-refractivity contribution in [3.05, 3.63) is 52.8 Å². The van der Waals surface area contributed by atoms with Gasteiger partial charge in [-0.05, 0) is 24.0 Å². The normalized spacial score (nSPS) is 14.2. The molecule has 0 aliphatic carbocycles. The standard InChI is InChI=1S/C25H31ClN4O5/c1-5-35-22(31)10-11-27-24(33)30-14-25(15-30,18-9-7-6-8-17(18)16(2)3)23(32)29-19-13-28-21(26)12-20(19)34-4/h6-9,12-13,16H,5,10-11,14-15H2,1-4H3,(H,27,33)(H,29,32). The first kappa shape index (κ1) is 26.3. The fraction of sp³-hybridized carbons (Fsp3) is 0.440. The molecule has 9 nitrogen and oxygen atoms in total. The summed E-state index contributed by atoms with van der Waals surface area (Å²) >= 11 is 5.96. The van der Waals surface area contributed by atoms with E-state index in [-0.39, 0.29) is 55.0 Å². The Labute approximate surface area is 210 Å². The van der Waals surface area contributed by atoms with Crippen molar-refractivity contribution < 1.29 is 23.9 Å². The predicted octanol–water partition coefficient (Wildman–Crippen LogP) is 3.72. The average molecular weight is 503 g/mol. The summed E-state index contributed by atoms with van der Waals surface area (Å²) in [7, 11) is 1.48. The second-order valence-electron chi connectivity index (χ2n) is 8.63. The van der Waals surface area contributed by atoms with Gasteiger partial charge >= 0.3 is 12.0 Å². The zero-order chi connectivity index (χ0) is 25.6. The molecule has 10 heteroatoms. The average Bonchev–Trinajstić information content (AvgIpc) is 2.80. The Morgan fingerprint density at radius 3 is 2.60 bits per heavy atom. The molecule has 0 unspecified atom stereocenters. The van der Waals surface area contributed by atoms with Crippen LogP contribution in [-0.2, 0) is 19.7 Å². The first-order valence-electron chi connectivity index (χ1n) is 11.5. The Morgan fingerprint density at radius 2 is 1.94 bits per heavy atom. The number of anilines is 1. The number of rotatable bonds is 9. The molecule has 0 atom stereocenters. The van der Waals surface area contributed by atoms with E-state index in [9.17, 15) is 14.4 Å². The molecule has 2 N–H and O–H groups in total. The number of likely N-dealkylation sites (tertiary alicyclic amines) is 1. The number of ether oxygens (including phenoxy) is 2. The Kier molecular flexibility index (Phi) is 8.56. The summed E-state index contributed by atoms with van der Waals surface area (Å²) in [5, 5.41) is 5.89. The van der Waals surface area contributed by atoms with Gasteiger partial charge in [0, 0.05) is 25.7 Å². The van der Waals surface area contributed by atoms with Crippen LogP contribution in [0.15, 0.2) is 36.5 Å². The van der Waals surface area contributed by atoms with Crippen LogP contribution in [0.4, 0.5) is 10.5 Å². The number of halogens is 1. The summed E-state index contributed by atoms with van der Waals surface area (Å²) in [6.45, 7) is 6.66. The number of benzene rings is 1. The maximum absolute atomic E-state index is 13.7. The van der Waals surface area contributed by atoms with Gasteiger partial charge in [-0.25, -0.2) is 9.78 Å². The highest BCUT2D eigenvalue weighted by Gasteiger charge is 2.53. The maximum atomic E-state index is 13.7. The zero-order valence-electron chi connectivity index (χ0n) is 20.4. The van der Waals surface area contributed by atoms with Crippen LogP contribution < -0.4 is 15.4 Å². The number of pyridine rings is 1. The van der Waals surface area contributed by atoms with Gasteiger partial charge in [-0.1, -0.05) is 49.7 Å². The Balaban J connectivity index is 1.83. The lowest BCUT2D eigenvalue weighted by atomic mass is 9.69. The molecule has 0 bridgehead atoms. The van der Waals surface area contributed by atoms with Gasteiger partial charge in [0.05, 0.1) is 26.3 Å². The molecule has 3 amide bonds. The Hall–Kier alpha value is -3.33. The summed E-state index contributed by atoms with van der Waals surface area (Å²) in [5.74, 6) is -0.0845. The number of esters is 1. The van der Waals surface area contributed by atoms with Crippen molar-refractivity contribution in [1.29, 1.82) is 0 Å². The van der Waals surface area contributed by atoms with Crippen LogP contribution in [0.25, 0.3) is 0 Å². The van der Waals surface area contributed by atoms with E-state index >= 15 is 0 Å². The molecule has 0 radical (unpaired) electrons. The van der Waals surface area contributed by atoms with Crippen LogP contribution >= 0.6 is 11.6 Å². The molecule has 1 saturated heterocycles. The van der Waals surface area contributed by atoms with Crippen LogP contribution in [-0.4, -0.2) is 61.1 Å². The first-order valence-corrected chi connectivity index (χ1v) is 11.9. The minimum absolute atomic E-state index is 0.0819. The molecule has 0 saturated carbocycles. The lowest BCUT2D eigenvalue weighted by Gasteiger charge is -2.49. The summed E-state index contributed by atoms with van der Waals surface area (Å²) < 4.78 is 10.2. The highest BCUT2D eigenvalue weighted by Crippen LogP contribution is 2.40. The van der Waals surface area contributed by atoms with Gasteiger partial charge in [0.2, 0.25) is 5.91 Å². The van der Waals surface area contributed by atoms with Gasteiger partial charge in [-0.15, -0.1) is 0 Å². The number of carbonyl (C=O) groups is 3. The van der Waals surface area contributed by atoms with E-state index in [1.54, 1.807) is 11.8 Å². The number of hydrogen-bond acceptors (Lipinski definition) is 6. The SMILES string of the molecule is CCOC(=O)CCNC(=O)N1CC(C(=O)Nc2cnc(Cl)cc2OC)(c2ccccc2C(C)C)C1. The third-order valence-corrected chi connectivity index (χ3v) is 6.16. The first-order chi connectivity index (χ1) is 16.7. The van der Waals surface area contributed by atoms with Crippen molar-refractivity contribution in [3.63, 3.8) is 0 Å². The largest absolute Gasteiger partial charge is 0.494 e. The Bertz CT molecular complexity index is 1090. The van der Waals surface area contributed by atoms with Crippen molar-refractivity contribution in [2.45, 2.75) is 38.5 Å². The number of amides is 3. The van der Waals surface area contributed by atoms with Crippen molar-refractivity contribution in [1.82, 2.24) is 15.2 Å². The number of hydrogen-bond donors (Lipinski definition) is 2. The molecule has 188 valence electrons. The van der Waals surface area contributed by atoms with Crippen LogP contribution in [0.5, 0.6) is 5.75 Å². The molecular weight excluding hydrogens is 472 g/mol. The van der Waals surface area contributed by atoms with E-state index < -0.39 is 5.41 Å². The molecule has 1 aliphatic rings. The fourth-order valence-corrected chi connectivity index (χ4v) is 4.30. The number of nitrogens with zero attached hydrogens (tertiary/aromatic N) is 2. The monoisotopic (exact) mass is 502 g/mol. The zero-order valence-corrected chi connectivity index (χ0v) is 21.1. The molecule has 1 aliphatic heterocycles. The fourth-order valence-electron chi connectivity index (χ4n) is 4.16. The molecule has 2 heterocycles. The molecule has 3 rings (SSSR count). The second-order valence-corrected chi connectivity index (χ2v) is 9.02. The van der Waals surface area contributed by atoms with E-state index in [0.29, 0.717) is 18.0 Å². The van der Waals surface area contributed by atoms with Crippen molar-refractivity contribution in [3.8, 4) is 5.75 Å². The summed E-state index contributed by atoms with van der Waals surface area (Å²) in [6, 6.07) is 8.95. The van der Waals surface area contributed by atoms with Gasteiger partial charge in [0.25, 0.3) is 0 Å². The van der Waals surface area contributed by atoms with Gasteiger partial charge in [0.15, 0.2) is 0 Å². The van der Waals surface area contributed by atoms with Crippen molar-refractivity contribution in [2.75, 3.05) is 38.7 Å². The van der Waals surface area contributed by atoms with Crippen LogP contribution in [0.3, 0.4) is 0 Å². The number of aromatic nitrogens is 1. The molecule has 2 aromatic rings. The predicted molar refractivity (Wildman–Crippen MR) is 133 cm³/mol. The highest BCUT2D eigenvalue weighted by atomic mass is 35.5. The van der Waals surface area contributed by atoms with Gasteiger partial charge < -0.3 is 25.0 Å². The minimum Gasteiger partial charge on any atom is -0.494 e. The summed E-state index contributed by atoms with van der Waals surface area (Å²) in [4.78, 5) is 43.6. The summed E-state index contributed by atoms with van der Waals surface area (Å²) in [5.41, 5.74) is 1.32. The molecule has 35 heavy (non-hydrogen) atoms. The van der Waals surface area contributed by atoms with Crippen LogP contribution in [0.1, 0.15) is 44.2 Å². The lowest BCUT2D eigenvalue weighted by molar-refractivity contribution is -0.142. The van der Waals surface area contributed by atoms with Crippen LogP contribution in [0, 0.1) is 0 Å². The van der Waals surface area contributed by atoms with Gasteiger partial charge in [0.1, 0.15) is 22.0 Å². The van der Waals surface area contributed by atoms with Crippen molar-refractivity contribution >= 4 is 35.2 Å². The van der Waals surface area contributed by atoms with Gasteiger partial charge in [-0.2, -0.15) is 0 Å². The highest BCUT2D eigenvalue weighted by molar-refractivity contribution is 6.29. The van der Waals surface area contributed by atoms with Crippen LogP contribution in [0.2, 0.25) is 5.15 Å². The number of carbonyl (C=O) groups excluding carboxylic acids is 3. The van der Waals surface area contributed by atoms with Crippen molar-refractivity contribution in [2.24, 2.45) is 0 Å². The number of nitrogens with one attached hydrogen (secondary N) is 2. The second kappa shape index (κ2) is 11.4. The molecule has 1 aromatic heterocycles. The molecule has 1 fully saturated rings. The number of methoxy groups -OCH3 is 1. The Morgan fingerprint density at radius 1 is 1.23 bits per heavy atom. The third-order valence-electron chi connectivity index (χ3n) is 5.95. The molecule has 1 aromatic carbocycles. The molecular formula is C25H31ClN4O5. The van der Waals surface area contributed by atoms with E-state index in [1.807, 2.05) is 24.3 Å². The van der Waals surface area contributed by atoms with E-state index in [1.165, 1.54) is 19.4 Å². The van der Waals surface area contributed by atoms with E-state index in [0.717, 1.165) is 11.1 Å². The van der Waals surface area contributed by atoms with E-state index in [2.05, 4.69) is 29.5 Å². The third kappa shape index (κ3) is 5.85. The van der Waals surface area contributed by atoms with Gasteiger partial charge in [-0.3, -0.25) is 9.59 Å². The molecule has 0 spiro atoms. The van der Waals surface area contributed by atoms with E-state index in [4.69, 9.17) is 21.1 Å². The smallest absolute Gasteiger partial charge is 0.317 e. The lowest BCUT2D eigenvalue weighted by Crippen LogP contribution is -2.68. The quantitative estimate of drug-likeness (QED) is 0.399. The minimum atomic E-state index is -0.968. The number of urea groups is 1. The maximum Gasteiger partial charge on any atom is 0.317 e. The summed E-state index contributed by atoms with van der Waals surface area (Å²) in [6.07, 6.45) is 1.53. The topological polar surface area (TPSA) is 110 Å².